The first-order valence-electron chi connectivity index (χ1n) is 14.0. The largest absolute Gasteiger partial charge is 0.321 e. The molecule has 44 heavy (non-hydrogen) atoms. The molecule has 1 heterocycles. The van der Waals surface area contributed by atoms with E-state index in [2.05, 4.69) is 28.9 Å². The van der Waals surface area contributed by atoms with Gasteiger partial charge in [0.25, 0.3) is 11.8 Å². The summed E-state index contributed by atoms with van der Waals surface area (Å²) in [6.07, 6.45) is 4.37. The summed E-state index contributed by atoms with van der Waals surface area (Å²) in [5.41, 5.74) is 3.15. The summed E-state index contributed by atoms with van der Waals surface area (Å²) in [5, 5.41) is 19.3. The summed E-state index contributed by atoms with van der Waals surface area (Å²) in [6, 6.07) is 25.0. The highest BCUT2D eigenvalue weighted by molar-refractivity contribution is 8.00. The third kappa shape index (κ3) is 7.77. The molecule has 1 aliphatic carbocycles. The highest BCUT2D eigenvalue weighted by Crippen LogP contribution is 2.39. The van der Waals surface area contributed by atoms with Crippen molar-refractivity contribution in [2.45, 2.75) is 31.1 Å². The second-order valence-corrected chi connectivity index (χ2v) is 12.9. The number of anilines is 2. The van der Waals surface area contributed by atoms with E-state index in [4.69, 9.17) is 11.6 Å². The van der Waals surface area contributed by atoms with Crippen LogP contribution in [0.2, 0.25) is 5.02 Å². The van der Waals surface area contributed by atoms with Crippen LogP contribution in [0.25, 0.3) is 6.08 Å². The summed E-state index contributed by atoms with van der Waals surface area (Å²) in [6.45, 7) is 2.21. The number of hydrogen-bond acceptors (Lipinski definition) is 6. The molecule has 0 aliphatic heterocycles. The molecular formula is C34H29ClN4O3S2. The number of nitrogens with one attached hydrogen (secondary N) is 3. The van der Waals surface area contributed by atoms with Crippen LogP contribution in [0, 0.1) is 17.2 Å². The maximum Gasteiger partial charge on any atom is 0.272 e. The molecule has 0 bridgehead atoms. The van der Waals surface area contributed by atoms with Gasteiger partial charge in [-0.2, -0.15) is 5.26 Å². The molecule has 0 saturated carbocycles. The lowest BCUT2D eigenvalue weighted by molar-refractivity contribution is -0.114. The Bertz CT molecular complexity index is 1780. The van der Waals surface area contributed by atoms with E-state index in [0.717, 1.165) is 29.7 Å². The van der Waals surface area contributed by atoms with E-state index in [0.29, 0.717) is 38.3 Å². The Hall–Kier alpha value is -4.36. The monoisotopic (exact) mass is 640 g/mol. The first-order chi connectivity index (χ1) is 21.3. The molecule has 4 aromatic rings. The number of nitrogens with zero attached hydrogens (tertiary/aromatic N) is 1. The summed E-state index contributed by atoms with van der Waals surface area (Å²) >= 11 is 9.14. The van der Waals surface area contributed by atoms with E-state index in [-0.39, 0.29) is 17.4 Å². The zero-order chi connectivity index (χ0) is 31.1. The Labute approximate surface area is 269 Å². The number of carbonyl (C=O) groups excluding carboxylic acids is 3. The van der Waals surface area contributed by atoms with Crippen LogP contribution < -0.4 is 16.0 Å². The second-order valence-electron chi connectivity index (χ2n) is 10.4. The molecule has 10 heteroatoms. The van der Waals surface area contributed by atoms with Gasteiger partial charge in [-0.15, -0.1) is 23.1 Å². The molecule has 0 radical (unpaired) electrons. The lowest BCUT2D eigenvalue weighted by atomic mass is 9.89. The quantitative estimate of drug-likeness (QED) is 0.129. The van der Waals surface area contributed by atoms with Gasteiger partial charge in [-0.25, -0.2) is 0 Å². The highest BCUT2D eigenvalue weighted by atomic mass is 35.5. The van der Waals surface area contributed by atoms with Gasteiger partial charge >= 0.3 is 0 Å². The minimum absolute atomic E-state index is 0.0192. The summed E-state index contributed by atoms with van der Waals surface area (Å²) < 4.78 is 0. The van der Waals surface area contributed by atoms with Crippen molar-refractivity contribution in [3.05, 3.63) is 117 Å². The van der Waals surface area contributed by atoms with Gasteiger partial charge in [0.15, 0.2) is 0 Å². The molecule has 7 nitrogen and oxygen atoms in total. The summed E-state index contributed by atoms with van der Waals surface area (Å²) in [5.74, 6) is -0.473. The number of halogens is 1. The molecular weight excluding hydrogens is 612 g/mol. The molecule has 0 saturated heterocycles. The fourth-order valence-corrected chi connectivity index (χ4v) is 7.14. The number of amides is 3. The van der Waals surface area contributed by atoms with Crippen molar-refractivity contribution in [3.8, 4) is 6.07 Å². The van der Waals surface area contributed by atoms with Gasteiger partial charge in [-0.05, 0) is 78.8 Å². The Morgan fingerprint density at radius 2 is 1.82 bits per heavy atom. The fraction of sp³-hybridized carbons (Fsp3) is 0.176. The molecule has 1 unspecified atom stereocenters. The molecule has 5 rings (SSSR count). The number of thiophene rings is 1. The van der Waals surface area contributed by atoms with Gasteiger partial charge in [0, 0.05) is 26.0 Å². The highest BCUT2D eigenvalue weighted by Gasteiger charge is 2.24. The molecule has 222 valence electrons. The molecule has 3 amide bonds. The number of benzene rings is 3. The average molecular weight is 641 g/mol. The van der Waals surface area contributed by atoms with Crippen LogP contribution in [0.3, 0.4) is 0 Å². The van der Waals surface area contributed by atoms with Crippen LogP contribution in [-0.4, -0.2) is 23.5 Å². The number of carbonyl (C=O) groups is 3. The molecule has 0 fully saturated rings. The van der Waals surface area contributed by atoms with Crippen molar-refractivity contribution >= 4 is 69.2 Å². The van der Waals surface area contributed by atoms with Crippen LogP contribution in [-0.2, 0) is 22.4 Å². The van der Waals surface area contributed by atoms with Crippen molar-refractivity contribution in [2.75, 3.05) is 16.4 Å². The third-order valence-corrected chi connectivity index (χ3v) is 9.58. The van der Waals surface area contributed by atoms with Gasteiger partial charge in [0.2, 0.25) is 5.91 Å². The van der Waals surface area contributed by atoms with Crippen LogP contribution in [0.5, 0.6) is 0 Å². The zero-order valence-corrected chi connectivity index (χ0v) is 26.2. The van der Waals surface area contributed by atoms with Crippen LogP contribution in [0.4, 0.5) is 10.7 Å². The van der Waals surface area contributed by atoms with E-state index in [9.17, 15) is 19.6 Å². The van der Waals surface area contributed by atoms with E-state index in [1.807, 2.05) is 6.07 Å². The van der Waals surface area contributed by atoms with E-state index in [1.54, 1.807) is 72.8 Å². The minimum atomic E-state index is -0.533. The van der Waals surface area contributed by atoms with Gasteiger partial charge in [-0.3, -0.25) is 14.4 Å². The SMILES string of the molecule is CC1CCc2c(sc(NC(=O)CSc3cccc(NC(=O)/C(=C\c4ccccc4Cl)NC(=O)c4ccccc4)c3)c2C#N)C1. The lowest BCUT2D eigenvalue weighted by Crippen LogP contribution is -2.30. The van der Waals surface area contributed by atoms with Crippen molar-refractivity contribution < 1.29 is 14.4 Å². The van der Waals surface area contributed by atoms with Crippen LogP contribution >= 0.6 is 34.7 Å². The number of rotatable bonds is 9. The standard InChI is InChI=1S/C34H29ClN4O3S2/c1-21-14-15-26-27(19-36)34(44-30(26)16-21)39-31(40)20-43-25-12-7-11-24(18-25)37-33(42)29(17-23-10-5-6-13-28(23)35)38-32(41)22-8-3-2-4-9-22/h2-13,17-18,21H,14-16,20H2,1H3,(H,37,42)(H,38,41)(H,39,40)/b29-17+. The smallest absolute Gasteiger partial charge is 0.272 e. The maximum absolute atomic E-state index is 13.4. The predicted octanol–water partition coefficient (Wildman–Crippen LogP) is 7.54. The van der Waals surface area contributed by atoms with Crippen molar-refractivity contribution in [3.63, 3.8) is 0 Å². The van der Waals surface area contributed by atoms with E-state index in [1.165, 1.54) is 34.1 Å². The fourth-order valence-electron chi connectivity index (χ4n) is 4.82. The van der Waals surface area contributed by atoms with Crippen LogP contribution in [0.1, 0.15) is 45.3 Å². The number of thioether (sulfide) groups is 1. The van der Waals surface area contributed by atoms with Crippen molar-refractivity contribution in [1.29, 1.82) is 5.26 Å². The van der Waals surface area contributed by atoms with Gasteiger partial charge in [0.1, 0.15) is 16.8 Å². The lowest BCUT2D eigenvalue weighted by Gasteiger charge is -2.17. The molecule has 3 aromatic carbocycles. The first-order valence-corrected chi connectivity index (χ1v) is 16.2. The maximum atomic E-state index is 13.4. The molecule has 3 N–H and O–H groups in total. The number of nitriles is 1. The van der Waals surface area contributed by atoms with Gasteiger partial charge in [-0.1, -0.05) is 61.0 Å². The van der Waals surface area contributed by atoms with Crippen molar-refractivity contribution in [2.24, 2.45) is 5.92 Å². The van der Waals surface area contributed by atoms with E-state index >= 15 is 0 Å². The Morgan fingerprint density at radius 3 is 2.59 bits per heavy atom. The summed E-state index contributed by atoms with van der Waals surface area (Å²) in [4.78, 5) is 41.1. The van der Waals surface area contributed by atoms with Crippen LogP contribution in [0.15, 0.2) is 89.5 Å². The number of hydrogen-bond donors (Lipinski definition) is 3. The second kappa shape index (κ2) is 14.4. The predicted molar refractivity (Wildman–Crippen MR) is 178 cm³/mol. The third-order valence-electron chi connectivity index (χ3n) is 7.07. The zero-order valence-electron chi connectivity index (χ0n) is 23.9. The topological polar surface area (TPSA) is 111 Å². The Balaban J connectivity index is 1.26. The van der Waals surface area contributed by atoms with Crippen molar-refractivity contribution in [1.82, 2.24) is 5.32 Å². The molecule has 0 spiro atoms. The van der Waals surface area contributed by atoms with Gasteiger partial charge in [0.05, 0.1) is 11.3 Å². The molecule has 1 aromatic heterocycles. The first kappa shape index (κ1) is 31.1. The molecule has 1 atom stereocenters. The Morgan fingerprint density at radius 1 is 1.05 bits per heavy atom. The Kier molecular flexibility index (Phi) is 10.2. The average Bonchev–Trinajstić information content (AvgIpc) is 3.36. The van der Waals surface area contributed by atoms with Gasteiger partial charge < -0.3 is 16.0 Å². The minimum Gasteiger partial charge on any atom is -0.321 e. The summed E-state index contributed by atoms with van der Waals surface area (Å²) in [7, 11) is 0. The van der Waals surface area contributed by atoms with E-state index < -0.39 is 11.8 Å². The number of fused-ring (bicyclic) bond motifs is 1. The normalized spacial score (nSPS) is 14.2. The molecule has 1 aliphatic rings.